The summed E-state index contributed by atoms with van der Waals surface area (Å²) in [6, 6.07) is 34.2. The zero-order valence-corrected chi connectivity index (χ0v) is 30.2. The molecular weight excluding hydrogens is 760 g/mol. The normalized spacial score (nSPS) is 11.4. The first-order chi connectivity index (χ1) is 22.2. The fourth-order valence-corrected chi connectivity index (χ4v) is 6.81. The van der Waals surface area contributed by atoms with Crippen LogP contribution in [-0.4, -0.2) is 19.3 Å². The summed E-state index contributed by atoms with van der Waals surface area (Å²) in [7, 11) is 0. The Kier molecular flexibility index (Phi) is 8.96. The molecule has 6 heteroatoms. The van der Waals surface area contributed by atoms with Gasteiger partial charge in [0.05, 0.1) is 5.69 Å². The third-order valence-electron chi connectivity index (χ3n) is 8.62. The minimum Gasteiger partial charge on any atom is -0.509 e. The number of pyridine rings is 1. The maximum atomic E-state index is 6.43. The number of ether oxygens (including phenoxy) is 1. The number of nitrogens with zero attached hydrogens (tertiary/aromatic N) is 4. The third-order valence-corrected chi connectivity index (χ3v) is 8.62. The molecule has 0 atom stereocenters. The van der Waals surface area contributed by atoms with Crippen LogP contribution >= 0.6 is 0 Å². The van der Waals surface area contributed by atoms with Crippen LogP contribution < -0.4 is 4.74 Å². The maximum absolute atomic E-state index is 6.43. The molecule has 0 aliphatic heterocycles. The SMILES string of the molecule is Cc1ccnc(-n2c3[c-]c(Oc4[c-]c(-n5nc(C)c(-c6c(C)cc(C)cc6CC(C)C)c5C)ccc4)ccc3c3ccccc32)c1.[Pt+2]. The summed E-state index contributed by atoms with van der Waals surface area (Å²) in [4.78, 5) is 4.70. The Morgan fingerprint density at radius 1 is 0.766 bits per heavy atom. The van der Waals surface area contributed by atoms with Crippen molar-refractivity contribution < 1.29 is 25.8 Å². The molecule has 0 saturated heterocycles. The van der Waals surface area contributed by atoms with E-state index in [-0.39, 0.29) is 21.1 Å². The van der Waals surface area contributed by atoms with E-state index in [1.165, 1.54) is 27.8 Å². The molecule has 238 valence electrons. The zero-order chi connectivity index (χ0) is 32.1. The third kappa shape index (κ3) is 6.05. The van der Waals surface area contributed by atoms with Gasteiger partial charge in [-0.2, -0.15) is 17.2 Å². The number of fused-ring (bicyclic) bond motifs is 3. The van der Waals surface area contributed by atoms with E-state index in [9.17, 15) is 0 Å². The quantitative estimate of drug-likeness (QED) is 0.151. The van der Waals surface area contributed by atoms with Crippen LogP contribution in [0.2, 0.25) is 0 Å². The van der Waals surface area contributed by atoms with Gasteiger partial charge in [0, 0.05) is 34.5 Å². The summed E-state index contributed by atoms with van der Waals surface area (Å²) < 4.78 is 10.6. The molecule has 0 fully saturated rings. The monoisotopic (exact) mass is 797 g/mol. The summed E-state index contributed by atoms with van der Waals surface area (Å²) >= 11 is 0. The van der Waals surface area contributed by atoms with E-state index in [4.69, 9.17) is 14.8 Å². The topological polar surface area (TPSA) is 44.9 Å². The molecule has 0 bridgehead atoms. The van der Waals surface area contributed by atoms with Crippen molar-refractivity contribution >= 4 is 21.8 Å². The van der Waals surface area contributed by atoms with Gasteiger partial charge in [-0.1, -0.05) is 55.3 Å². The second kappa shape index (κ2) is 13.0. The standard InChI is InChI=1S/C41H38N4O.Pt/c1-25(2)19-31-21-27(4)20-28(5)40(31)41-29(6)43-45(30(41)7)32-11-10-12-33(23-32)46-34-15-16-36-35-13-8-9-14-37(35)44(38(36)24-34)39-22-26(3)17-18-42-39;/h8-18,20-22,25H,19H2,1-7H3;/q-2;+2. The molecule has 7 aromatic rings. The predicted octanol–water partition coefficient (Wildman–Crippen LogP) is 10.2. The van der Waals surface area contributed by atoms with Gasteiger partial charge in [-0.25, -0.2) is 4.98 Å². The number of hydrogen-bond donors (Lipinski definition) is 0. The smallest absolute Gasteiger partial charge is 0.509 e. The van der Waals surface area contributed by atoms with Crippen molar-refractivity contribution in [1.29, 1.82) is 0 Å². The Balaban J connectivity index is 0.00000386. The molecular formula is C41H38N4OPt. The van der Waals surface area contributed by atoms with Crippen LogP contribution in [0.1, 0.15) is 47.5 Å². The van der Waals surface area contributed by atoms with Crippen molar-refractivity contribution in [3.8, 4) is 34.1 Å². The van der Waals surface area contributed by atoms with E-state index in [0.717, 1.165) is 56.7 Å². The molecule has 0 spiro atoms. The fourth-order valence-electron chi connectivity index (χ4n) is 6.81. The van der Waals surface area contributed by atoms with Crippen LogP contribution in [0.3, 0.4) is 0 Å². The second-order valence-electron chi connectivity index (χ2n) is 12.8. The van der Waals surface area contributed by atoms with Crippen LogP contribution in [0.15, 0.2) is 85.1 Å². The first-order valence-corrected chi connectivity index (χ1v) is 15.9. The molecule has 0 aliphatic rings. The molecule has 0 aliphatic carbocycles. The number of aromatic nitrogens is 4. The average molecular weight is 798 g/mol. The predicted molar refractivity (Wildman–Crippen MR) is 188 cm³/mol. The van der Waals surface area contributed by atoms with Crippen LogP contribution in [-0.2, 0) is 27.5 Å². The largest absolute Gasteiger partial charge is 2.00 e. The molecule has 3 aromatic heterocycles. The van der Waals surface area contributed by atoms with Gasteiger partial charge >= 0.3 is 21.1 Å². The molecule has 4 aromatic carbocycles. The van der Waals surface area contributed by atoms with Crippen molar-refractivity contribution in [2.75, 3.05) is 0 Å². The van der Waals surface area contributed by atoms with E-state index in [2.05, 4.69) is 114 Å². The van der Waals surface area contributed by atoms with Crippen molar-refractivity contribution in [2.45, 2.75) is 54.9 Å². The van der Waals surface area contributed by atoms with Crippen molar-refractivity contribution in [2.24, 2.45) is 5.92 Å². The first kappa shape index (κ1) is 32.5. The van der Waals surface area contributed by atoms with E-state index < -0.39 is 0 Å². The number of rotatable bonds is 7. The molecule has 7 rings (SSSR count). The fraction of sp³-hybridized carbons (Fsp3) is 0.220. The Bertz CT molecular complexity index is 2260. The first-order valence-electron chi connectivity index (χ1n) is 15.9. The number of aryl methyl sites for hydroxylation is 4. The molecule has 0 radical (unpaired) electrons. The molecule has 0 saturated carbocycles. The van der Waals surface area contributed by atoms with Gasteiger partial charge in [0.25, 0.3) is 0 Å². The van der Waals surface area contributed by atoms with E-state index in [1.54, 1.807) is 0 Å². The van der Waals surface area contributed by atoms with Gasteiger partial charge in [-0.3, -0.25) is 4.68 Å². The van der Waals surface area contributed by atoms with Crippen LogP contribution in [0.5, 0.6) is 11.5 Å². The second-order valence-corrected chi connectivity index (χ2v) is 12.8. The molecule has 5 nitrogen and oxygen atoms in total. The Hall–Kier alpha value is -4.47. The summed E-state index contributed by atoms with van der Waals surface area (Å²) in [6.45, 7) is 15.3. The van der Waals surface area contributed by atoms with Gasteiger partial charge in [0.1, 0.15) is 5.82 Å². The molecule has 3 heterocycles. The summed E-state index contributed by atoms with van der Waals surface area (Å²) in [5.41, 5.74) is 12.5. The van der Waals surface area contributed by atoms with E-state index >= 15 is 0 Å². The van der Waals surface area contributed by atoms with Crippen molar-refractivity contribution in [3.63, 3.8) is 0 Å². The van der Waals surface area contributed by atoms with Gasteiger partial charge in [0.15, 0.2) is 0 Å². The van der Waals surface area contributed by atoms with Crippen LogP contribution in [0, 0.1) is 52.7 Å². The Labute approximate surface area is 291 Å². The summed E-state index contributed by atoms with van der Waals surface area (Å²) in [6.07, 6.45) is 2.87. The Morgan fingerprint density at radius 3 is 2.34 bits per heavy atom. The van der Waals surface area contributed by atoms with E-state index in [1.807, 2.05) is 41.2 Å². The van der Waals surface area contributed by atoms with Crippen molar-refractivity contribution in [3.05, 3.63) is 131 Å². The van der Waals surface area contributed by atoms with Gasteiger partial charge < -0.3 is 9.30 Å². The van der Waals surface area contributed by atoms with Crippen LogP contribution in [0.25, 0.3) is 44.4 Å². The number of benzene rings is 4. The molecule has 0 unspecified atom stereocenters. The Morgan fingerprint density at radius 2 is 1.55 bits per heavy atom. The summed E-state index contributed by atoms with van der Waals surface area (Å²) in [5.74, 6) is 2.63. The maximum Gasteiger partial charge on any atom is 2.00 e. The minimum atomic E-state index is 0. The minimum absolute atomic E-state index is 0. The van der Waals surface area contributed by atoms with E-state index in [0.29, 0.717) is 17.4 Å². The van der Waals surface area contributed by atoms with Crippen LogP contribution in [0.4, 0.5) is 0 Å². The molecule has 0 amide bonds. The molecule has 0 N–H and O–H groups in total. The molecule has 47 heavy (non-hydrogen) atoms. The zero-order valence-electron chi connectivity index (χ0n) is 27.9. The average Bonchev–Trinajstić information content (AvgIpc) is 3.50. The number of hydrogen-bond acceptors (Lipinski definition) is 3. The van der Waals surface area contributed by atoms with Crippen molar-refractivity contribution in [1.82, 2.24) is 19.3 Å². The number of para-hydroxylation sites is 1. The van der Waals surface area contributed by atoms with Gasteiger partial charge in [-0.15, -0.1) is 35.7 Å². The van der Waals surface area contributed by atoms with Gasteiger partial charge in [0.2, 0.25) is 0 Å². The summed E-state index contributed by atoms with van der Waals surface area (Å²) in [5, 5.41) is 7.27. The van der Waals surface area contributed by atoms with Gasteiger partial charge in [-0.05, 0) is 98.5 Å².